The van der Waals surface area contributed by atoms with Gasteiger partial charge in [0.15, 0.2) is 0 Å². The van der Waals surface area contributed by atoms with Crippen LogP contribution in [0.3, 0.4) is 0 Å². The highest BCUT2D eigenvalue weighted by molar-refractivity contribution is 5.40. The van der Waals surface area contributed by atoms with E-state index >= 15 is 0 Å². The highest BCUT2D eigenvalue weighted by Gasteiger charge is 2.36. The molecule has 1 aromatic rings. The summed E-state index contributed by atoms with van der Waals surface area (Å²) in [5.41, 5.74) is -0.439. The van der Waals surface area contributed by atoms with E-state index in [1.54, 1.807) is 12.1 Å². The van der Waals surface area contributed by atoms with Gasteiger partial charge < -0.3 is 10.1 Å². The third-order valence-electron chi connectivity index (χ3n) is 3.65. The Morgan fingerprint density at radius 3 is 2.52 bits per heavy atom. The standard InChI is InChI=1S/C15H19F3N2O/c1-3-14(20-8-6-19-7-9-20)12-5-4-11(21-2)10-13(12)15(16,17)18/h3-5,10,14,19H,1,6-9H2,2H3/t14-/m1/s1. The van der Waals surface area contributed by atoms with Crippen molar-refractivity contribution in [2.75, 3.05) is 33.3 Å². The average molecular weight is 300 g/mol. The number of ether oxygens (including phenoxy) is 1. The SMILES string of the molecule is C=C[C@H](c1ccc(OC)cc1C(F)(F)F)N1CCNCC1. The number of methoxy groups -OCH3 is 1. The second-order valence-corrected chi connectivity index (χ2v) is 4.92. The third kappa shape index (κ3) is 3.57. The number of alkyl halides is 3. The van der Waals surface area contributed by atoms with E-state index < -0.39 is 17.8 Å². The van der Waals surface area contributed by atoms with E-state index in [-0.39, 0.29) is 11.3 Å². The molecule has 2 rings (SSSR count). The van der Waals surface area contributed by atoms with Crippen LogP contribution in [0.1, 0.15) is 17.2 Å². The maximum Gasteiger partial charge on any atom is 0.416 e. The molecule has 0 aromatic heterocycles. The van der Waals surface area contributed by atoms with Crippen LogP contribution in [-0.2, 0) is 6.18 Å². The molecule has 0 saturated carbocycles. The van der Waals surface area contributed by atoms with Crippen LogP contribution in [0.4, 0.5) is 13.2 Å². The molecule has 1 atom stereocenters. The fourth-order valence-corrected chi connectivity index (χ4v) is 2.60. The van der Waals surface area contributed by atoms with Gasteiger partial charge in [-0.25, -0.2) is 0 Å². The second-order valence-electron chi connectivity index (χ2n) is 4.92. The first-order valence-corrected chi connectivity index (χ1v) is 6.80. The van der Waals surface area contributed by atoms with Crippen molar-refractivity contribution >= 4 is 0 Å². The van der Waals surface area contributed by atoms with Gasteiger partial charge in [0.25, 0.3) is 0 Å². The molecule has 0 spiro atoms. The first kappa shape index (κ1) is 15.9. The fraction of sp³-hybridized carbons (Fsp3) is 0.467. The Labute approximate surface area is 122 Å². The number of hydrogen-bond donors (Lipinski definition) is 1. The molecule has 0 amide bonds. The summed E-state index contributed by atoms with van der Waals surface area (Å²) in [7, 11) is 1.36. The topological polar surface area (TPSA) is 24.5 Å². The predicted molar refractivity (Wildman–Crippen MR) is 75.4 cm³/mol. The van der Waals surface area contributed by atoms with Crippen LogP contribution >= 0.6 is 0 Å². The lowest BCUT2D eigenvalue weighted by molar-refractivity contribution is -0.138. The van der Waals surface area contributed by atoms with E-state index in [2.05, 4.69) is 11.9 Å². The molecule has 0 bridgehead atoms. The van der Waals surface area contributed by atoms with Gasteiger partial charge in [-0.3, -0.25) is 4.90 Å². The van der Waals surface area contributed by atoms with Crippen molar-refractivity contribution in [1.82, 2.24) is 10.2 Å². The Bertz CT molecular complexity index is 496. The van der Waals surface area contributed by atoms with Crippen LogP contribution < -0.4 is 10.1 Å². The first-order valence-electron chi connectivity index (χ1n) is 6.80. The molecule has 1 aliphatic rings. The van der Waals surface area contributed by atoms with Gasteiger partial charge >= 0.3 is 6.18 Å². The van der Waals surface area contributed by atoms with E-state index in [0.29, 0.717) is 13.1 Å². The quantitative estimate of drug-likeness (QED) is 0.865. The van der Waals surface area contributed by atoms with Crippen molar-refractivity contribution in [2.24, 2.45) is 0 Å². The summed E-state index contributed by atoms with van der Waals surface area (Å²) in [4.78, 5) is 2.00. The van der Waals surface area contributed by atoms with Gasteiger partial charge in [-0.05, 0) is 17.7 Å². The van der Waals surface area contributed by atoms with E-state index in [1.807, 2.05) is 4.90 Å². The zero-order valence-corrected chi connectivity index (χ0v) is 11.9. The number of nitrogens with one attached hydrogen (secondary N) is 1. The molecule has 1 fully saturated rings. The Morgan fingerprint density at radius 1 is 1.33 bits per heavy atom. The van der Waals surface area contributed by atoms with Gasteiger partial charge in [0.1, 0.15) is 5.75 Å². The summed E-state index contributed by atoms with van der Waals surface area (Å²) in [6, 6.07) is 3.64. The lowest BCUT2D eigenvalue weighted by Crippen LogP contribution is -2.45. The van der Waals surface area contributed by atoms with E-state index in [0.717, 1.165) is 19.2 Å². The number of hydrogen-bond acceptors (Lipinski definition) is 3. The molecule has 116 valence electrons. The van der Waals surface area contributed by atoms with Crippen LogP contribution in [0.25, 0.3) is 0 Å². The average Bonchev–Trinajstić information content (AvgIpc) is 2.48. The second kappa shape index (κ2) is 6.49. The van der Waals surface area contributed by atoms with Crippen LogP contribution in [0.2, 0.25) is 0 Å². The van der Waals surface area contributed by atoms with Crippen molar-refractivity contribution in [3.63, 3.8) is 0 Å². The number of halogens is 3. The molecular weight excluding hydrogens is 281 g/mol. The molecule has 1 saturated heterocycles. The Balaban J connectivity index is 2.42. The van der Waals surface area contributed by atoms with Crippen molar-refractivity contribution in [3.05, 3.63) is 42.0 Å². The Kier molecular flexibility index (Phi) is 4.90. The lowest BCUT2D eigenvalue weighted by atomic mass is 9.97. The number of piperazine rings is 1. The summed E-state index contributed by atoms with van der Waals surface area (Å²) in [6.45, 7) is 6.64. The first-order chi connectivity index (χ1) is 9.97. The van der Waals surface area contributed by atoms with Crippen molar-refractivity contribution in [2.45, 2.75) is 12.2 Å². The van der Waals surface area contributed by atoms with Gasteiger partial charge in [-0.15, -0.1) is 6.58 Å². The maximum absolute atomic E-state index is 13.3. The number of benzene rings is 1. The minimum absolute atomic E-state index is 0.203. The minimum atomic E-state index is -4.42. The predicted octanol–water partition coefficient (Wildman–Crippen LogP) is 2.85. The number of nitrogens with zero attached hydrogens (tertiary/aromatic N) is 1. The highest BCUT2D eigenvalue weighted by Crippen LogP contribution is 2.38. The Morgan fingerprint density at radius 2 is 2.00 bits per heavy atom. The fourth-order valence-electron chi connectivity index (χ4n) is 2.60. The van der Waals surface area contributed by atoms with Crippen molar-refractivity contribution in [3.8, 4) is 5.75 Å². The number of rotatable bonds is 4. The van der Waals surface area contributed by atoms with Crippen molar-refractivity contribution in [1.29, 1.82) is 0 Å². The van der Waals surface area contributed by atoms with E-state index in [9.17, 15) is 13.2 Å². The van der Waals surface area contributed by atoms with Gasteiger partial charge in [0.05, 0.1) is 18.7 Å². The summed E-state index contributed by atoms with van der Waals surface area (Å²) >= 11 is 0. The lowest BCUT2D eigenvalue weighted by Gasteiger charge is -2.34. The molecule has 3 nitrogen and oxygen atoms in total. The van der Waals surface area contributed by atoms with Gasteiger partial charge in [-0.2, -0.15) is 13.2 Å². The van der Waals surface area contributed by atoms with E-state index in [4.69, 9.17) is 4.74 Å². The molecule has 0 unspecified atom stereocenters. The van der Waals surface area contributed by atoms with Crippen molar-refractivity contribution < 1.29 is 17.9 Å². The summed E-state index contributed by atoms with van der Waals surface area (Å²) < 4.78 is 44.8. The van der Waals surface area contributed by atoms with Crippen LogP contribution in [-0.4, -0.2) is 38.2 Å². The molecular formula is C15H19F3N2O. The van der Waals surface area contributed by atoms with Gasteiger partial charge in [0.2, 0.25) is 0 Å². The normalized spacial score (nSPS) is 18.3. The molecule has 0 radical (unpaired) electrons. The molecule has 1 aliphatic heterocycles. The van der Waals surface area contributed by atoms with Crippen LogP contribution in [0, 0.1) is 0 Å². The van der Waals surface area contributed by atoms with Crippen LogP contribution in [0.15, 0.2) is 30.9 Å². The summed E-state index contributed by atoms with van der Waals surface area (Å²) in [5.74, 6) is 0.203. The molecule has 6 heteroatoms. The van der Waals surface area contributed by atoms with Gasteiger partial charge in [0, 0.05) is 26.2 Å². The largest absolute Gasteiger partial charge is 0.497 e. The summed E-state index contributed by atoms with van der Waals surface area (Å²) in [6.07, 6.45) is -2.85. The molecule has 0 aliphatic carbocycles. The Hall–Kier alpha value is -1.53. The zero-order valence-electron chi connectivity index (χ0n) is 11.9. The monoisotopic (exact) mass is 300 g/mol. The van der Waals surface area contributed by atoms with Gasteiger partial charge in [-0.1, -0.05) is 12.1 Å². The van der Waals surface area contributed by atoms with Crippen LogP contribution in [0.5, 0.6) is 5.75 Å². The third-order valence-corrected chi connectivity index (χ3v) is 3.65. The highest BCUT2D eigenvalue weighted by atomic mass is 19.4. The molecule has 21 heavy (non-hydrogen) atoms. The minimum Gasteiger partial charge on any atom is -0.497 e. The summed E-state index contributed by atoms with van der Waals surface area (Å²) in [5, 5.41) is 3.19. The molecule has 1 heterocycles. The maximum atomic E-state index is 13.3. The zero-order chi connectivity index (χ0) is 15.5. The molecule has 1 N–H and O–H groups in total. The smallest absolute Gasteiger partial charge is 0.416 e. The molecule has 1 aromatic carbocycles. The van der Waals surface area contributed by atoms with E-state index in [1.165, 1.54) is 13.2 Å².